The van der Waals surface area contributed by atoms with Gasteiger partial charge in [-0.3, -0.25) is 0 Å². The Bertz CT molecular complexity index is 804. The average Bonchev–Trinajstić information content (AvgIpc) is 2.60. The molecule has 0 aliphatic rings. The van der Waals surface area contributed by atoms with Crippen molar-refractivity contribution in [2.75, 3.05) is 19.8 Å². The highest BCUT2D eigenvalue weighted by Crippen LogP contribution is 2.31. The molecule has 0 bridgehead atoms. The molecule has 2 aromatic rings. The van der Waals surface area contributed by atoms with Crippen LogP contribution in [-0.4, -0.2) is 25.9 Å². The van der Waals surface area contributed by atoms with Crippen LogP contribution in [0.15, 0.2) is 54.1 Å². The van der Waals surface area contributed by atoms with Crippen molar-refractivity contribution in [3.05, 3.63) is 64.2 Å². The molecule has 7 heteroatoms. The normalized spacial score (nSPS) is 10.1. The van der Waals surface area contributed by atoms with Gasteiger partial charge >= 0.3 is 6.09 Å². The minimum absolute atomic E-state index is 0.245. The Hall–Kier alpha value is -2.37. The number of amides is 1. The van der Waals surface area contributed by atoms with Gasteiger partial charge < -0.3 is 19.5 Å². The van der Waals surface area contributed by atoms with Gasteiger partial charge in [-0.15, -0.1) is 0 Å². The van der Waals surface area contributed by atoms with Gasteiger partial charge in [0.2, 0.25) is 0 Å². The third-order valence-corrected chi connectivity index (χ3v) is 3.80. The second-order valence-electron chi connectivity index (χ2n) is 5.81. The quantitative estimate of drug-likeness (QED) is 0.438. The van der Waals surface area contributed by atoms with Crippen molar-refractivity contribution in [3.8, 4) is 17.2 Å². The fourth-order valence-corrected chi connectivity index (χ4v) is 2.38. The van der Waals surface area contributed by atoms with Crippen LogP contribution in [0.2, 0.25) is 10.0 Å². The lowest BCUT2D eigenvalue weighted by Gasteiger charge is -2.11. The number of hydrogen-bond donors (Lipinski definition) is 1. The summed E-state index contributed by atoms with van der Waals surface area (Å²) in [5.74, 6) is 1.67. The zero-order valence-corrected chi connectivity index (χ0v) is 16.6. The molecule has 144 valence electrons. The van der Waals surface area contributed by atoms with Gasteiger partial charge in [0.25, 0.3) is 0 Å². The Balaban J connectivity index is 1.77. The molecule has 0 fully saturated rings. The molecule has 0 saturated carbocycles. The summed E-state index contributed by atoms with van der Waals surface area (Å²) < 4.78 is 16.2. The predicted octanol–water partition coefficient (Wildman–Crippen LogP) is 5.86. The molecule has 1 N–H and O–H groups in total. The van der Waals surface area contributed by atoms with Crippen LogP contribution in [0.1, 0.15) is 13.8 Å². The van der Waals surface area contributed by atoms with E-state index in [-0.39, 0.29) is 13.2 Å². The van der Waals surface area contributed by atoms with Gasteiger partial charge in [-0.05, 0) is 50.3 Å². The summed E-state index contributed by atoms with van der Waals surface area (Å²) in [4.78, 5) is 11.5. The maximum Gasteiger partial charge on any atom is 0.407 e. The van der Waals surface area contributed by atoms with E-state index in [1.807, 2.05) is 19.9 Å². The molecule has 0 radical (unpaired) electrons. The van der Waals surface area contributed by atoms with Crippen molar-refractivity contribution in [1.82, 2.24) is 5.32 Å². The lowest BCUT2D eigenvalue weighted by Crippen LogP contribution is -2.28. The minimum Gasteiger partial charge on any atom is -0.490 e. The van der Waals surface area contributed by atoms with Crippen molar-refractivity contribution in [2.45, 2.75) is 13.8 Å². The van der Waals surface area contributed by atoms with E-state index in [4.69, 9.17) is 37.4 Å². The SMILES string of the molecule is CC(C)=CCOC(=O)NCCOc1ccc(Oc2cccc(Cl)c2)cc1Cl. The molecular formula is C20H21Cl2NO4. The molecule has 27 heavy (non-hydrogen) atoms. The maximum absolute atomic E-state index is 11.5. The first-order valence-corrected chi connectivity index (χ1v) is 9.09. The van der Waals surface area contributed by atoms with Crippen LogP contribution >= 0.6 is 23.2 Å². The Labute approximate surface area is 168 Å². The zero-order chi connectivity index (χ0) is 19.6. The van der Waals surface area contributed by atoms with Gasteiger partial charge in [-0.2, -0.15) is 0 Å². The average molecular weight is 410 g/mol. The van der Waals surface area contributed by atoms with Crippen LogP contribution in [0.4, 0.5) is 4.79 Å². The number of halogens is 2. The third kappa shape index (κ3) is 7.81. The van der Waals surface area contributed by atoms with E-state index in [0.717, 1.165) is 5.57 Å². The minimum atomic E-state index is -0.493. The number of allylic oxidation sites excluding steroid dienone is 1. The molecule has 0 aliphatic heterocycles. The number of carbonyl (C=O) groups excluding carboxylic acids is 1. The van der Waals surface area contributed by atoms with E-state index in [0.29, 0.717) is 33.8 Å². The van der Waals surface area contributed by atoms with Crippen LogP contribution in [0, 0.1) is 0 Å². The number of hydrogen-bond acceptors (Lipinski definition) is 4. The smallest absolute Gasteiger partial charge is 0.407 e. The number of carbonyl (C=O) groups is 1. The fourth-order valence-electron chi connectivity index (χ4n) is 1.98. The van der Waals surface area contributed by atoms with Crippen LogP contribution in [0.25, 0.3) is 0 Å². The third-order valence-electron chi connectivity index (χ3n) is 3.27. The van der Waals surface area contributed by atoms with Crippen molar-refractivity contribution in [1.29, 1.82) is 0 Å². The molecule has 2 rings (SSSR count). The van der Waals surface area contributed by atoms with Gasteiger partial charge in [0, 0.05) is 11.1 Å². The summed E-state index contributed by atoms with van der Waals surface area (Å²) in [5.41, 5.74) is 1.09. The number of nitrogens with one attached hydrogen (secondary N) is 1. The van der Waals surface area contributed by atoms with Crippen molar-refractivity contribution >= 4 is 29.3 Å². The van der Waals surface area contributed by atoms with E-state index < -0.39 is 6.09 Å². The Kier molecular flexibility index (Phi) is 8.30. The first-order valence-electron chi connectivity index (χ1n) is 8.34. The van der Waals surface area contributed by atoms with Gasteiger partial charge in [0.1, 0.15) is 30.5 Å². The van der Waals surface area contributed by atoms with Crippen LogP contribution in [0.3, 0.4) is 0 Å². The highest BCUT2D eigenvalue weighted by atomic mass is 35.5. The van der Waals surface area contributed by atoms with E-state index in [1.165, 1.54) is 0 Å². The molecule has 0 atom stereocenters. The zero-order valence-electron chi connectivity index (χ0n) is 15.1. The molecule has 0 aliphatic carbocycles. The molecule has 0 aromatic heterocycles. The Morgan fingerprint density at radius 3 is 2.59 bits per heavy atom. The first-order chi connectivity index (χ1) is 12.9. The van der Waals surface area contributed by atoms with E-state index >= 15 is 0 Å². The summed E-state index contributed by atoms with van der Waals surface area (Å²) >= 11 is 12.2. The number of benzene rings is 2. The molecule has 0 spiro atoms. The van der Waals surface area contributed by atoms with Gasteiger partial charge in [-0.25, -0.2) is 4.79 Å². The second kappa shape index (κ2) is 10.7. The maximum atomic E-state index is 11.5. The standard InChI is InChI=1S/C20H21Cl2NO4/c1-14(2)8-10-26-20(24)23-9-11-25-19-7-6-17(13-18(19)22)27-16-5-3-4-15(21)12-16/h3-8,12-13H,9-11H2,1-2H3,(H,23,24). The van der Waals surface area contributed by atoms with Crippen LogP contribution in [0.5, 0.6) is 17.2 Å². The van der Waals surface area contributed by atoms with Gasteiger partial charge in [-0.1, -0.05) is 34.8 Å². The van der Waals surface area contributed by atoms with Crippen LogP contribution in [-0.2, 0) is 4.74 Å². The predicted molar refractivity (Wildman–Crippen MR) is 107 cm³/mol. The first kappa shape index (κ1) is 20.9. The van der Waals surface area contributed by atoms with Crippen molar-refractivity contribution < 1.29 is 19.0 Å². The topological polar surface area (TPSA) is 56.8 Å². The molecule has 1 amide bonds. The second-order valence-corrected chi connectivity index (χ2v) is 6.65. The molecule has 5 nitrogen and oxygen atoms in total. The van der Waals surface area contributed by atoms with Gasteiger partial charge in [0.05, 0.1) is 11.6 Å². The molecule has 0 unspecified atom stereocenters. The summed E-state index contributed by atoms with van der Waals surface area (Å²) in [6.45, 7) is 4.67. The highest BCUT2D eigenvalue weighted by Gasteiger charge is 2.06. The highest BCUT2D eigenvalue weighted by molar-refractivity contribution is 6.32. The van der Waals surface area contributed by atoms with E-state index in [2.05, 4.69) is 5.32 Å². The van der Waals surface area contributed by atoms with Crippen molar-refractivity contribution in [3.63, 3.8) is 0 Å². The summed E-state index contributed by atoms with van der Waals surface area (Å²) in [6.07, 6.45) is 1.33. The van der Waals surface area contributed by atoms with E-state index in [9.17, 15) is 4.79 Å². The van der Waals surface area contributed by atoms with Gasteiger partial charge in [0.15, 0.2) is 0 Å². The molecular weight excluding hydrogens is 389 g/mol. The molecule has 0 heterocycles. The number of rotatable bonds is 8. The summed E-state index contributed by atoms with van der Waals surface area (Å²) in [5, 5.41) is 3.59. The number of ether oxygens (including phenoxy) is 3. The fraction of sp³-hybridized carbons (Fsp3) is 0.250. The van der Waals surface area contributed by atoms with Crippen LogP contribution < -0.4 is 14.8 Å². The summed E-state index contributed by atoms with van der Waals surface area (Å²) in [7, 11) is 0. The largest absolute Gasteiger partial charge is 0.490 e. The lowest BCUT2D eigenvalue weighted by atomic mass is 10.3. The van der Waals surface area contributed by atoms with Crippen molar-refractivity contribution in [2.24, 2.45) is 0 Å². The number of alkyl carbamates (subject to hydrolysis) is 1. The Morgan fingerprint density at radius 1 is 1.11 bits per heavy atom. The van der Waals surface area contributed by atoms with E-state index in [1.54, 1.807) is 42.5 Å². The molecule has 0 saturated heterocycles. The monoisotopic (exact) mass is 409 g/mol. The lowest BCUT2D eigenvalue weighted by molar-refractivity contribution is 0.155. The molecule has 2 aromatic carbocycles. The summed E-state index contributed by atoms with van der Waals surface area (Å²) in [6, 6.07) is 12.2. The Morgan fingerprint density at radius 2 is 1.89 bits per heavy atom.